The largest absolute Gasteiger partial charge is 0.398 e. The lowest BCUT2D eigenvalue weighted by atomic mass is 10.1. The Hall–Kier alpha value is -2.10. The maximum atomic E-state index is 6.00. The molecule has 2 N–H and O–H groups in total. The highest BCUT2D eigenvalue weighted by molar-refractivity contribution is 5.56. The molecule has 1 aliphatic heterocycles. The first kappa shape index (κ1) is 12.0. The van der Waals surface area contributed by atoms with E-state index in [9.17, 15) is 0 Å². The molecule has 2 aromatic heterocycles. The van der Waals surface area contributed by atoms with Gasteiger partial charge in [0.25, 0.3) is 0 Å². The number of hydrogen-bond acceptors (Lipinski definition) is 4. The van der Waals surface area contributed by atoms with E-state index >= 15 is 0 Å². The average Bonchev–Trinajstić information content (AvgIpc) is 2.92. The molecule has 0 aromatic carbocycles. The third-order valence-electron chi connectivity index (χ3n) is 3.77. The van der Waals surface area contributed by atoms with Gasteiger partial charge in [0.05, 0.1) is 6.04 Å². The summed E-state index contributed by atoms with van der Waals surface area (Å²) in [4.78, 5) is 11.0. The van der Waals surface area contributed by atoms with E-state index in [4.69, 9.17) is 5.73 Å². The zero-order valence-corrected chi connectivity index (χ0v) is 11.1. The number of pyridine rings is 2. The third-order valence-corrected chi connectivity index (χ3v) is 3.77. The minimum atomic E-state index is 0.387. The Kier molecular flexibility index (Phi) is 3.07. The molecule has 3 rings (SSSR count). The van der Waals surface area contributed by atoms with Crippen molar-refractivity contribution in [2.45, 2.75) is 25.8 Å². The summed E-state index contributed by atoms with van der Waals surface area (Å²) < 4.78 is 0. The van der Waals surface area contributed by atoms with E-state index in [1.807, 2.05) is 31.6 Å². The van der Waals surface area contributed by atoms with Crippen molar-refractivity contribution in [2.24, 2.45) is 0 Å². The molecule has 1 saturated heterocycles. The zero-order chi connectivity index (χ0) is 13.2. The number of hydrogen-bond donors (Lipinski definition) is 1. The molecule has 19 heavy (non-hydrogen) atoms. The van der Waals surface area contributed by atoms with Crippen LogP contribution in [0.4, 0.5) is 11.5 Å². The van der Waals surface area contributed by atoms with Crippen LogP contribution in [0.5, 0.6) is 0 Å². The van der Waals surface area contributed by atoms with Gasteiger partial charge < -0.3 is 10.6 Å². The molecular weight excluding hydrogens is 236 g/mol. The monoisotopic (exact) mass is 254 g/mol. The van der Waals surface area contributed by atoms with Crippen LogP contribution >= 0.6 is 0 Å². The van der Waals surface area contributed by atoms with Crippen molar-refractivity contribution in [3.05, 3.63) is 47.9 Å². The number of nitrogens with zero attached hydrogens (tertiary/aromatic N) is 3. The van der Waals surface area contributed by atoms with Crippen LogP contribution in [0.3, 0.4) is 0 Å². The van der Waals surface area contributed by atoms with Crippen LogP contribution in [0.1, 0.15) is 30.0 Å². The van der Waals surface area contributed by atoms with Crippen LogP contribution in [-0.4, -0.2) is 16.5 Å². The maximum Gasteiger partial charge on any atom is 0.131 e. The summed E-state index contributed by atoms with van der Waals surface area (Å²) in [6.45, 7) is 3.01. The van der Waals surface area contributed by atoms with Crippen molar-refractivity contribution in [3.63, 3.8) is 0 Å². The van der Waals surface area contributed by atoms with Crippen LogP contribution in [-0.2, 0) is 0 Å². The Balaban J connectivity index is 1.93. The second-order valence-electron chi connectivity index (χ2n) is 5.03. The van der Waals surface area contributed by atoms with Gasteiger partial charge in [0.2, 0.25) is 0 Å². The van der Waals surface area contributed by atoms with Crippen molar-refractivity contribution in [1.29, 1.82) is 0 Å². The summed E-state index contributed by atoms with van der Waals surface area (Å²) in [7, 11) is 0. The van der Waals surface area contributed by atoms with Crippen LogP contribution < -0.4 is 10.6 Å². The molecule has 4 nitrogen and oxygen atoms in total. The molecular formula is C15H18N4. The normalized spacial score (nSPS) is 18.8. The molecule has 3 heterocycles. The summed E-state index contributed by atoms with van der Waals surface area (Å²) >= 11 is 0. The first-order chi connectivity index (χ1) is 9.25. The Bertz CT molecular complexity index is 568. The van der Waals surface area contributed by atoms with Crippen molar-refractivity contribution in [3.8, 4) is 0 Å². The summed E-state index contributed by atoms with van der Waals surface area (Å²) in [5, 5.41) is 0. The fraction of sp³-hybridized carbons (Fsp3) is 0.333. The minimum absolute atomic E-state index is 0.387. The quantitative estimate of drug-likeness (QED) is 0.895. The van der Waals surface area contributed by atoms with Gasteiger partial charge in [-0.15, -0.1) is 0 Å². The molecule has 0 saturated carbocycles. The number of aryl methyl sites for hydroxylation is 1. The first-order valence-electron chi connectivity index (χ1n) is 6.64. The van der Waals surface area contributed by atoms with Gasteiger partial charge in [-0.1, -0.05) is 0 Å². The Morgan fingerprint density at radius 3 is 2.84 bits per heavy atom. The van der Waals surface area contributed by atoms with Crippen molar-refractivity contribution in [1.82, 2.24) is 9.97 Å². The van der Waals surface area contributed by atoms with E-state index in [1.165, 1.54) is 12.0 Å². The summed E-state index contributed by atoms with van der Waals surface area (Å²) in [5.74, 6) is 0.974. The third kappa shape index (κ3) is 2.26. The topological polar surface area (TPSA) is 55.0 Å². The molecule has 0 spiro atoms. The van der Waals surface area contributed by atoms with Gasteiger partial charge in [0.1, 0.15) is 5.82 Å². The molecule has 1 atom stereocenters. The minimum Gasteiger partial charge on any atom is -0.398 e. The maximum absolute atomic E-state index is 6.00. The van der Waals surface area contributed by atoms with E-state index in [0.717, 1.165) is 30.0 Å². The molecule has 1 fully saturated rings. The molecule has 4 heteroatoms. The molecule has 1 aliphatic rings. The molecule has 0 bridgehead atoms. The predicted molar refractivity (Wildman–Crippen MR) is 76.9 cm³/mol. The molecule has 98 valence electrons. The van der Waals surface area contributed by atoms with Crippen LogP contribution in [0.15, 0.2) is 36.8 Å². The standard InChI is InChI=1S/C15H18N4/c1-11-10-18-15(9-13(11)16)19-8-2-3-14(19)12-4-6-17-7-5-12/h4-7,9-10,14H,2-3,8H2,1H3,(H2,16,18). The first-order valence-corrected chi connectivity index (χ1v) is 6.64. The van der Waals surface area contributed by atoms with Gasteiger partial charge in [-0.2, -0.15) is 0 Å². The number of rotatable bonds is 2. The number of nitrogen functional groups attached to an aromatic ring is 1. The van der Waals surface area contributed by atoms with Crippen molar-refractivity contribution in [2.75, 3.05) is 17.2 Å². The predicted octanol–water partition coefficient (Wildman–Crippen LogP) is 2.71. The highest BCUT2D eigenvalue weighted by Crippen LogP contribution is 2.35. The summed E-state index contributed by atoms with van der Waals surface area (Å²) in [6.07, 6.45) is 7.89. The van der Waals surface area contributed by atoms with E-state index in [0.29, 0.717) is 6.04 Å². The van der Waals surface area contributed by atoms with Gasteiger partial charge in [-0.25, -0.2) is 4.98 Å². The second kappa shape index (κ2) is 4.88. The Morgan fingerprint density at radius 2 is 2.11 bits per heavy atom. The lowest BCUT2D eigenvalue weighted by Crippen LogP contribution is -2.23. The van der Waals surface area contributed by atoms with Gasteiger partial charge >= 0.3 is 0 Å². The number of anilines is 2. The molecule has 2 aromatic rings. The van der Waals surface area contributed by atoms with Gasteiger partial charge in [0.15, 0.2) is 0 Å². The van der Waals surface area contributed by atoms with Crippen LogP contribution in [0.25, 0.3) is 0 Å². The highest BCUT2D eigenvalue weighted by atomic mass is 15.2. The summed E-state index contributed by atoms with van der Waals surface area (Å²) in [5.41, 5.74) is 9.14. The molecule has 0 amide bonds. The van der Waals surface area contributed by atoms with E-state index in [2.05, 4.69) is 27.0 Å². The lowest BCUT2D eigenvalue weighted by molar-refractivity contribution is 0.710. The van der Waals surface area contributed by atoms with Gasteiger partial charge in [-0.05, 0) is 43.0 Å². The van der Waals surface area contributed by atoms with Crippen molar-refractivity contribution < 1.29 is 0 Å². The zero-order valence-electron chi connectivity index (χ0n) is 11.1. The molecule has 0 aliphatic carbocycles. The Labute approximate surface area is 113 Å². The average molecular weight is 254 g/mol. The van der Waals surface area contributed by atoms with E-state index < -0.39 is 0 Å². The SMILES string of the molecule is Cc1cnc(N2CCCC2c2ccncc2)cc1N. The number of nitrogens with two attached hydrogens (primary N) is 1. The summed E-state index contributed by atoms with van der Waals surface area (Å²) in [6, 6.07) is 6.54. The fourth-order valence-corrected chi connectivity index (χ4v) is 2.66. The van der Waals surface area contributed by atoms with Crippen LogP contribution in [0.2, 0.25) is 0 Å². The van der Waals surface area contributed by atoms with Gasteiger partial charge in [-0.3, -0.25) is 4.98 Å². The van der Waals surface area contributed by atoms with Crippen LogP contribution in [0, 0.1) is 6.92 Å². The Morgan fingerprint density at radius 1 is 1.32 bits per heavy atom. The number of aromatic nitrogens is 2. The lowest BCUT2D eigenvalue weighted by Gasteiger charge is -2.26. The van der Waals surface area contributed by atoms with E-state index in [-0.39, 0.29) is 0 Å². The smallest absolute Gasteiger partial charge is 0.131 e. The second-order valence-corrected chi connectivity index (χ2v) is 5.03. The molecule has 0 radical (unpaired) electrons. The molecule has 1 unspecified atom stereocenters. The van der Waals surface area contributed by atoms with Crippen molar-refractivity contribution >= 4 is 11.5 Å². The fourth-order valence-electron chi connectivity index (χ4n) is 2.66. The van der Waals surface area contributed by atoms with Gasteiger partial charge in [0, 0.05) is 36.9 Å². The highest BCUT2D eigenvalue weighted by Gasteiger charge is 2.27. The van der Waals surface area contributed by atoms with E-state index in [1.54, 1.807) is 0 Å².